The van der Waals surface area contributed by atoms with Gasteiger partial charge in [-0.3, -0.25) is 4.79 Å². The largest absolute Gasteiger partial charge is 0.352 e. The van der Waals surface area contributed by atoms with Crippen molar-refractivity contribution in [3.8, 4) is 0 Å². The van der Waals surface area contributed by atoms with Gasteiger partial charge in [0.05, 0.1) is 10.9 Å². The zero-order valence-electron chi connectivity index (χ0n) is 7.45. The molecule has 1 aromatic rings. The zero-order valence-corrected chi connectivity index (χ0v) is 8.26. The lowest BCUT2D eigenvalue weighted by Gasteiger charge is -2.21. The van der Waals surface area contributed by atoms with Crippen molar-refractivity contribution in [3.63, 3.8) is 0 Å². The standard InChI is InChI=1S/C9H10N2O2S/c10-9(13)11-6-1-2-7(12)8-5(6)3-4-14-8/h3-4,6H,1-2H2,(H3,10,11,13). The smallest absolute Gasteiger partial charge is 0.312 e. The van der Waals surface area contributed by atoms with E-state index < -0.39 is 6.03 Å². The number of nitrogens with one attached hydrogen (secondary N) is 1. The number of Topliss-reactive ketones (excluding diaryl/α,β-unsaturated/α-hetero) is 1. The van der Waals surface area contributed by atoms with Gasteiger partial charge in [0.2, 0.25) is 0 Å². The van der Waals surface area contributed by atoms with Crippen LogP contribution >= 0.6 is 11.3 Å². The summed E-state index contributed by atoms with van der Waals surface area (Å²) in [6.45, 7) is 0. The number of hydrogen-bond acceptors (Lipinski definition) is 3. The highest BCUT2D eigenvalue weighted by molar-refractivity contribution is 7.12. The molecule has 5 heteroatoms. The number of amides is 2. The molecule has 0 saturated heterocycles. The summed E-state index contributed by atoms with van der Waals surface area (Å²) in [5.41, 5.74) is 5.96. The molecule has 2 rings (SSSR count). The molecule has 0 fully saturated rings. The second-order valence-corrected chi connectivity index (χ2v) is 4.14. The first-order chi connectivity index (χ1) is 6.68. The third-order valence-corrected chi connectivity index (χ3v) is 3.27. The van der Waals surface area contributed by atoms with Crippen LogP contribution in [-0.2, 0) is 0 Å². The van der Waals surface area contributed by atoms with Crippen LogP contribution in [-0.4, -0.2) is 11.8 Å². The fourth-order valence-corrected chi connectivity index (χ4v) is 2.62. The van der Waals surface area contributed by atoms with E-state index in [0.717, 1.165) is 10.4 Å². The molecule has 1 heterocycles. The van der Waals surface area contributed by atoms with E-state index in [0.29, 0.717) is 12.8 Å². The molecule has 74 valence electrons. The van der Waals surface area contributed by atoms with Gasteiger partial charge in [0, 0.05) is 6.42 Å². The second kappa shape index (κ2) is 3.42. The lowest BCUT2D eigenvalue weighted by Crippen LogP contribution is -2.35. The van der Waals surface area contributed by atoms with Crippen LogP contribution in [0.5, 0.6) is 0 Å². The normalized spacial score (nSPS) is 20.3. The number of ketones is 1. The van der Waals surface area contributed by atoms with Crippen LogP contribution in [0.3, 0.4) is 0 Å². The molecular formula is C9H10N2O2S. The Labute approximate surface area is 85.1 Å². The predicted octanol–water partition coefficient (Wildman–Crippen LogP) is 1.43. The van der Waals surface area contributed by atoms with Gasteiger partial charge in [-0.05, 0) is 23.4 Å². The Morgan fingerprint density at radius 1 is 1.64 bits per heavy atom. The molecule has 0 bridgehead atoms. The Bertz CT molecular complexity index is 386. The van der Waals surface area contributed by atoms with Crippen molar-refractivity contribution in [2.75, 3.05) is 0 Å². The van der Waals surface area contributed by atoms with Gasteiger partial charge in [-0.25, -0.2) is 4.79 Å². The maximum Gasteiger partial charge on any atom is 0.312 e. The minimum atomic E-state index is -0.540. The molecule has 1 aromatic heterocycles. The number of primary amides is 1. The monoisotopic (exact) mass is 210 g/mol. The Kier molecular flexibility index (Phi) is 2.25. The van der Waals surface area contributed by atoms with Crippen LogP contribution in [0, 0.1) is 0 Å². The highest BCUT2D eigenvalue weighted by atomic mass is 32.1. The van der Waals surface area contributed by atoms with Crippen LogP contribution in [0.4, 0.5) is 4.79 Å². The number of nitrogens with two attached hydrogens (primary N) is 1. The Hall–Kier alpha value is -1.36. The molecule has 0 saturated carbocycles. The van der Waals surface area contributed by atoms with Gasteiger partial charge in [-0.15, -0.1) is 11.3 Å². The fraction of sp³-hybridized carbons (Fsp3) is 0.333. The molecule has 0 aromatic carbocycles. The van der Waals surface area contributed by atoms with Gasteiger partial charge in [-0.2, -0.15) is 0 Å². The van der Waals surface area contributed by atoms with Crippen molar-refractivity contribution < 1.29 is 9.59 Å². The van der Waals surface area contributed by atoms with E-state index >= 15 is 0 Å². The summed E-state index contributed by atoms with van der Waals surface area (Å²) in [6, 6.07) is 1.24. The maximum absolute atomic E-state index is 11.4. The van der Waals surface area contributed by atoms with E-state index in [9.17, 15) is 9.59 Å². The number of hydrogen-bond donors (Lipinski definition) is 2. The molecule has 0 radical (unpaired) electrons. The Morgan fingerprint density at radius 3 is 3.14 bits per heavy atom. The van der Waals surface area contributed by atoms with Gasteiger partial charge in [0.25, 0.3) is 0 Å². The van der Waals surface area contributed by atoms with Crippen LogP contribution in [0.1, 0.15) is 34.1 Å². The van der Waals surface area contributed by atoms with Crippen LogP contribution in [0.15, 0.2) is 11.4 Å². The molecule has 14 heavy (non-hydrogen) atoms. The molecule has 1 aliphatic rings. The number of carbonyl (C=O) groups is 2. The first-order valence-electron chi connectivity index (χ1n) is 4.35. The van der Waals surface area contributed by atoms with Crippen LogP contribution in [0.25, 0.3) is 0 Å². The predicted molar refractivity (Wildman–Crippen MR) is 53.3 cm³/mol. The average molecular weight is 210 g/mol. The van der Waals surface area contributed by atoms with Crippen molar-refractivity contribution in [1.82, 2.24) is 5.32 Å². The number of rotatable bonds is 1. The van der Waals surface area contributed by atoms with Gasteiger partial charge >= 0.3 is 6.03 Å². The van der Waals surface area contributed by atoms with Crippen molar-refractivity contribution in [1.29, 1.82) is 0 Å². The summed E-state index contributed by atoms with van der Waals surface area (Å²) in [6.07, 6.45) is 1.13. The first kappa shape index (κ1) is 9.21. The van der Waals surface area contributed by atoms with E-state index in [2.05, 4.69) is 5.32 Å². The van der Waals surface area contributed by atoms with Crippen molar-refractivity contribution in [3.05, 3.63) is 21.9 Å². The lowest BCUT2D eigenvalue weighted by molar-refractivity contribution is 0.0969. The van der Waals surface area contributed by atoms with Crippen molar-refractivity contribution in [2.45, 2.75) is 18.9 Å². The summed E-state index contributed by atoms with van der Waals surface area (Å²) in [4.78, 5) is 22.9. The van der Waals surface area contributed by atoms with Crippen molar-refractivity contribution >= 4 is 23.2 Å². The quantitative estimate of drug-likeness (QED) is 0.736. The van der Waals surface area contributed by atoms with Gasteiger partial charge in [0.15, 0.2) is 5.78 Å². The third-order valence-electron chi connectivity index (χ3n) is 2.30. The summed E-state index contributed by atoms with van der Waals surface area (Å²) in [5.74, 6) is 0.164. The summed E-state index contributed by atoms with van der Waals surface area (Å²) >= 11 is 1.42. The number of thiophene rings is 1. The molecule has 1 aliphatic carbocycles. The molecule has 0 aliphatic heterocycles. The average Bonchev–Trinajstić information content (AvgIpc) is 2.58. The molecule has 1 unspecified atom stereocenters. The van der Waals surface area contributed by atoms with Crippen LogP contribution < -0.4 is 11.1 Å². The molecule has 2 amide bonds. The van der Waals surface area contributed by atoms with E-state index in [1.165, 1.54) is 11.3 Å². The van der Waals surface area contributed by atoms with Gasteiger partial charge in [-0.1, -0.05) is 0 Å². The van der Waals surface area contributed by atoms with E-state index in [1.54, 1.807) is 0 Å². The molecule has 3 N–H and O–H groups in total. The van der Waals surface area contributed by atoms with Gasteiger partial charge in [0.1, 0.15) is 0 Å². The Balaban J connectivity index is 2.29. The molecular weight excluding hydrogens is 200 g/mol. The minimum absolute atomic E-state index is 0.0913. The number of carbonyl (C=O) groups excluding carboxylic acids is 2. The number of fused-ring (bicyclic) bond motifs is 1. The third kappa shape index (κ3) is 1.50. The van der Waals surface area contributed by atoms with Crippen molar-refractivity contribution in [2.24, 2.45) is 5.73 Å². The fourth-order valence-electron chi connectivity index (χ4n) is 1.69. The highest BCUT2D eigenvalue weighted by Gasteiger charge is 2.27. The summed E-state index contributed by atoms with van der Waals surface area (Å²) < 4.78 is 0. The SMILES string of the molecule is NC(=O)NC1CCC(=O)c2sccc21. The minimum Gasteiger partial charge on any atom is -0.352 e. The molecule has 4 nitrogen and oxygen atoms in total. The van der Waals surface area contributed by atoms with E-state index in [1.807, 2.05) is 11.4 Å². The lowest BCUT2D eigenvalue weighted by atomic mass is 9.93. The summed E-state index contributed by atoms with van der Waals surface area (Å²) in [7, 11) is 0. The van der Waals surface area contributed by atoms with Gasteiger partial charge < -0.3 is 11.1 Å². The maximum atomic E-state index is 11.4. The second-order valence-electron chi connectivity index (χ2n) is 3.23. The summed E-state index contributed by atoms with van der Waals surface area (Å²) in [5, 5.41) is 4.50. The highest BCUT2D eigenvalue weighted by Crippen LogP contribution is 2.32. The molecule has 0 spiro atoms. The first-order valence-corrected chi connectivity index (χ1v) is 5.23. The van der Waals surface area contributed by atoms with E-state index in [4.69, 9.17) is 5.73 Å². The topological polar surface area (TPSA) is 72.2 Å². The van der Waals surface area contributed by atoms with Crippen LogP contribution in [0.2, 0.25) is 0 Å². The number of urea groups is 1. The Morgan fingerprint density at radius 2 is 2.43 bits per heavy atom. The van der Waals surface area contributed by atoms with E-state index in [-0.39, 0.29) is 11.8 Å². The zero-order chi connectivity index (χ0) is 10.1. The molecule has 1 atom stereocenters.